The minimum absolute atomic E-state index is 0. The van der Waals surface area contributed by atoms with Crippen molar-refractivity contribution < 1.29 is 29.7 Å². The average Bonchev–Trinajstić information content (AvgIpc) is 2.26. The molecule has 0 saturated carbocycles. The summed E-state index contributed by atoms with van der Waals surface area (Å²) in [6.07, 6.45) is 2.17. The third-order valence-corrected chi connectivity index (χ3v) is 1.60. The average molecular weight is 314 g/mol. The predicted octanol–water partition coefficient (Wildman–Crippen LogP) is 0.726. The summed E-state index contributed by atoms with van der Waals surface area (Å²) in [5.41, 5.74) is -0.236. The Morgan fingerprint density at radius 3 is 1.95 bits per heavy atom. The lowest BCUT2D eigenvalue weighted by Crippen LogP contribution is -2.40. The molecule has 124 valence electrons. The minimum Gasteiger partial charge on any atom is -0.481 e. The smallest absolute Gasteiger partial charge is 0.382 e. The third kappa shape index (κ3) is 26.0. The Hall–Kier alpha value is -2.71. The lowest BCUT2D eigenvalue weighted by Gasteiger charge is -2.20. The molecule has 0 aliphatic heterocycles. The van der Waals surface area contributed by atoms with Gasteiger partial charge in [-0.1, -0.05) is 0 Å². The van der Waals surface area contributed by atoms with E-state index in [9.17, 15) is 14.4 Å². The van der Waals surface area contributed by atoms with E-state index in [2.05, 4.69) is 5.32 Å². The van der Waals surface area contributed by atoms with E-state index in [4.69, 9.17) is 15.3 Å². The number of carbonyl (C=O) groups excluding carboxylic acids is 1. The van der Waals surface area contributed by atoms with E-state index >= 15 is 0 Å². The maximum atomic E-state index is 11.1. The van der Waals surface area contributed by atoms with Gasteiger partial charge in [0.25, 0.3) is 0 Å². The van der Waals surface area contributed by atoms with Gasteiger partial charge in [0.05, 0.1) is 0 Å². The van der Waals surface area contributed by atoms with Crippen molar-refractivity contribution in [1.29, 1.82) is 0 Å². The first kappa shape index (κ1) is 24.3. The summed E-state index contributed by atoms with van der Waals surface area (Å²) in [6.45, 7) is 5.67. The number of aliphatic carboxylic acids is 2. The van der Waals surface area contributed by atoms with Gasteiger partial charge in [-0.2, -0.15) is 0 Å². The molecule has 7 N–H and O–H groups in total. The molecule has 0 unspecified atom stereocenters. The van der Waals surface area contributed by atoms with Crippen LogP contribution in [0.3, 0.4) is 0 Å². The van der Waals surface area contributed by atoms with Crippen molar-refractivity contribution in [1.82, 2.24) is 11.5 Å². The zero-order valence-corrected chi connectivity index (χ0v) is 12.9. The molecule has 0 atom stereocenters. The number of amides is 1. The molecule has 0 saturated heterocycles. The molecule has 0 spiro atoms. The van der Waals surface area contributed by atoms with E-state index in [0.717, 1.165) is 0 Å². The van der Waals surface area contributed by atoms with Gasteiger partial charge in [-0.25, -0.2) is 4.79 Å². The monoisotopic (exact) mass is 314 g/mol. The second-order valence-electron chi connectivity index (χ2n) is 4.84. The van der Waals surface area contributed by atoms with Crippen LogP contribution < -0.4 is 11.5 Å². The summed E-state index contributed by atoms with van der Waals surface area (Å²) >= 11 is 0. The highest BCUT2D eigenvalue weighted by Gasteiger charge is 2.13. The Morgan fingerprint density at radius 2 is 1.59 bits per heavy atom. The molecule has 0 fully saturated rings. The van der Waals surface area contributed by atoms with Crippen LogP contribution in [0.1, 0.15) is 40.0 Å². The van der Waals surface area contributed by atoms with Crippen molar-refractivity contribution in [2.75, 3.05) is 0 Å². The number of carboxylic acids is 2. The van der Waals surface area contributed by atoms with Crippen molar-refractivity contribution in [3.05, 3.63) is 0 Å². The number of rotatable bonds is 4. The summed E-state index contributed by atoms with van der Waals surface area (Å²) in [5.74, 6) is 3.19. The van der Waals surface area contributed by atoms with Crippen molar-refractivity contribution in [3.8, 4) is 23.9 Å². The van der Waals surface area contributed by atoms with Gasteiger partial charge >= 0.3 is 11.9 Å². The van der Waals surface area contributed by atoms with Crippen molar-refractivity contribution in [2.45, 2.75) is 45.6 Å². The van der Waals surface area contributed by atoms with E-state index in [0.29, 0.717) is 6.42 Å². The zero-order valence-electron chi connectivity index (χ0n) is 12.9. The largest absolute Gasteiger partial charge is 0.481 e. The SMILES string of the molecule is CC(C)(C)NC(=O)CCCC(=O)O.N.O=C(O)C#CC#CO. The van der Waals surface area contributed by atoms with Crippen molar-refractivity contribution in [2.24, 2.45) is 0 Å². The number of carbonyl (C=O) groups is 3. The standard InChI is InChI=1S/C9H17NO3.C5H2O3.H3N/c1-9(2,3)10-7(11)5-4-6-8(12)13;6-4-2-1-3-5(7)8;/h4-6H2,1-3H3,(H,10,11)(H,12,13);6H,(H,7,8);1H3. The van der Waals surface area contributed by atoms with E-state index in [-0.39, 0.29) is 30.4 Å². The van der Waals surface area contributed by atoms with Crippen LogP contribution in [0.5, 0.6) is 0 Å². The van der Waals surface area contributed by atoms with Crippen molar-refractivity contribution in [3.63, 3.8) is 0 Å². The van der Waals surface area contributed by atoms with Crippen LogP contribution >= 0.6 is 0 Å². The third-order valence-electron chi connectivity index (χ3n) is 1.60. The van der Waals surface area contributed by atoms with E-state index in [1.807, 2.05) is 32.6 Å². The Labute approximate surface area is 129 Å². The summed E-state index contributed by atoms with van der Waals surface area (Å²) in [6, 6.07) is 0. The summed E-state index contributed by atoms with van der Waals surface area (Å²) in [5, 5.41) is 26.6. The second-order valence-corrected chi connectivity index (χ2v) is 4.84. The quantitative estimate of drug-likeness (QED) is 0.478. The van der Waals surface area contributed by atoms with E-state index < -0.39 is 11.9 Å². The fraction of sp³-hybridized carbons (Fsp3) is 0.500. The van der Waals surface area contributed by atoms with Crippen LogP contribution in [0.25, 0.3) is 0 Å². The van der Waals surface area contributed by atoms with Gasteiger partial charge in [0.1, 0.15) is 6.11 Å². The molecular formula is C14H22N2O6. The van der Waals surface area contributed by atoms with Crippen LogP contribution in [-0.2, 0) is 14.4 Å². The normalized spacial score (nSPS) is 8.32. The molecule has 0 aromatic rings. The van der Waals surface area contributed by atoms with Gasteiger partial charge in [-0.3, -0.25) is 9.59 Å². The van der Waals surface area contributed by atoms with Gasteiger partial charge in [0, 0.05) is 36.1 Å². The molecule has 0 heterocycles. The molecular weight excluding hydrogens is 292 g/mol. The number of hydrogen-bond donors (Lipinski definition) is 5. The summed E-state index contributed by atoms with van der Waals surface area (Å²) in [4.78, 5) is 30.8. The minimum atomic E-state index is -1.26. The molecule has 0 rings (SSSR count). The molecule has 0 bridgehead atoms. The number of aliphatic hydroxyl groups excluding tert-OH is 1. The van der Waals surface area contributed by atoms with E-state index in [1.165, 1.54) is 6.11 Å². The highest BCUT2D eigenvalue weighted by Crippen LogP contribution is 2.01. The van der Waals surface area contributed by atoms with Crippen LogP contribution in [0.2, 0.25) is 0 Å². The first-order valence-corrected chi connectivity index (χ1v) is 5.99. The van der Waals surface area contributed by atoms with Gasteiger partial charge < -0.3 is 26.8 Å². The molecule has 1 amide bonds. The van der Waals surface area contributed by atoms with Crippen LogP contribution in [-0.4, -0.2) is 38.7 Å². The molecule has 0 aliphatic rings. The number of aliphatic hydroxyl groups is 1. The van der Waals surface area contributed by atoms with Crippen LogP contribution in [0.4, 0.5) is 0 Å². The van der Waals surface area contributed by atoms with Gasteiger partial charge in [-0.15, -0.1) is 0 Å². The molecule has 0 radical (unpaired) electrons. The highest BCUT2D eigenvalue weighted by molar-refractivity contribution is 5.87. The van der Waals surface area contributed by atoms with Gasteiger partial charge in [-0.05, 0) is 27.2 Å². The molecule has 0 aromatic heterocycles. The van der Waals surface area contributed by atoms with Gasteiger partial charge in [0.15, 0.2) is 0 Å². The Morgan fingerprint density at radius 1 is 1.05 bits per heavy atom. The lowest BCUT2D eigenvalue weighted by molar-refractivity contribution is -0.137. The topological polar surface area (TPSA) is 159 Å². The molecule has 0 aliphatic carbocycles. The zero-order chi connectivity index (χ0) is 16.9. The van der Waals surface area contributed by atoms with Crippen LogP contribution in [0, 0.1) is 23.9 Å². The fourth-order valence-corrected chi connectivity index (χ4v) is 0.994. The lowest BCUT2D eigenvalue weighted by atomic mass is 10.1. The van der Waals surface area contributed by atoms with Crippen LogP contribution in [0.15, 0.2) is 0 Å². The summed E-state index contributed by atoms with van der Waals surface area (Å²) in [7, 11) is 0. The summed E-state index contributed by atoms with van der Waals surface area (Å²) < 4.78 is 0. The fourth-order valence-electron chi connectivity index (χ4n) is 0.994. The maximum Gasteiger partial charge on any atom is 0.382 e. The maximum absolute atomic E-state index is 11.1. The Balaban J connectivity index is -0.000000348. The highest BCUT2D eigenvalue weighted by atomic mass is 16.4. The predicted molar refractivity (Wildman–Crippen MR) is 79.5 cm³/mol. The van der Waals surface area contributed by atoms with E-state index in [1.54, 1.807) is 5.92 Å². The molecule has 8 heteroatoms. The Bertz CT molecular complexity index is 485. The Kier molecular flexibility index (Phi) is 14.7. The number of carboxylic acid groups (broad SMARTS) is 2. The molecule has 8 nitrogen and oxygen atoms in total. The molecule has 0 aromatic carbocycles. The first-order valence-electron chi connectivity index (χ1n) is 5.99. The van der Waals surface area contributed by atoms with Crippen molar-refractivity contribution >= 4 is 17.8 Å². The van der Waals surface area contributed by atoms with Gasteiger partial charge in [0.2, 0.25) is 5.91 Å². The second kappa shape index (κ2) is 13.3. The number of nitrogens with one attached hydrogen (secondary N) is 1. The first-order chi connectivity index (χ1) is 9.58. The number of hydrogen-bond acceptors (Lipinski definition) is 5. The molecule has 22 heavy (non-hydrogen) atoms.